The fourth-order valence-corrected chi connectivity index (χ4v) is 2.60. The van der Waals surface area contributed by atoms with E-state index in [9.17, 15) is 39.3 Å². The van der Waals surface area contributed by atoms with Crippen LogP contribution >= 0.6 is 11.8 Å². The third-order valence-electron chi connectivity index (χ3n) is 3.46. The number of hydrogen-bond acceptors (Lipinski definition) is 9. The smallest absolute Gasteiger partial charge is 0.243 e. The van der Waals surface area contributed by atoms with Crippen molar-refractivity contribution in [2.75, 3.05) is 12.3 Å². The Morgan fingerprint density at radius 2 is 1.81 bits per heavy atom. The van der Waals surface area contributed by atoms with Crippen molar-refractivity contribution in [2.24, 2.45) is 0 Å². The summed E-state index contributed by atoms with van der Waals surface area (Å²) in [6, 6.07) is -2.41. The molecular weight excluding hydrogens is 382 g/mol. The Bertz CT molecular complexity index is 612. The molecule has 0 bridgehead atoms. The first-order chi connectivity index (χ1) is 12.4. The summed E-state index contributed by atoms with van der Waals surface area (Å²) < 4.78 is -1.55. The summed E-state index contributed by atoms with van der Waals surface area (Å²) in [6.45, 7) is 3.86. The van der Waals surface area contributed by atoms with Crippen LogP contribution in [0.5, 0.6) is 0 Å². The highest BCUT2D eigenvalue weighted by molar-refractivity contribution is 8.01. The van der Waals surface area contributed by atoms with E-state index in [1.807, 2.05) is 5.32 Å². The highest BCUT2D eigenvalue weighted by Crippen LogP contribution is 2.26. The fourth-order valence-electron chi connectivity index (χ4n) is 1.61. The topological polar surface area (TPSA) is 206 Å². The van der Waals surface area contributed by atoms with Gasteiger partial charge in [-0.3, -0.25) is 9.59 Å². The van der Waals surface area contributed by atoms with E-state index < -0.39 is 53.1 Å². The van der Waals surface area contributed by atoms with E-state index in [2.05, 4.69) is 17.6 Å². The summed E-state index contributed by atoms with van der Waals surface area (Å²) in [4.78, 5) is 56.2. The van der Waals surface area contributed by atoms with Crippen molar-refractivity contribution in [1.82, 2.24) is 10.6 Å². The monoisotopic (exact) mass is 403 g/mol. The van der Waals surface area contributed by atoms with Crippen LogP contribution in [-0.2, 0) is 24.0 Å². The van der Waals surface area contributed by atoms with E-state index in [4.69, 9.17) is 0 Å². The average molecular weight is 403 g/mol. The highest BCUT2D eigenvalue weighted by Gasteiger charge is 2.28. The van der Waals surface area contributed by atoms with Crippen molar-refractivity contribution in [3.63, 3.8) is 0 Å². The van der Waals surface area contributed by atoms with Gasteiger partial charge in [-0.2, -0.15) is 0 Å². The van der Waals surface area contributed by atoms with Crippen LogP contribution in [0.3, 0.4) is 0 Å². The average Bonchev–Trinajstić information content (AvgIpc) is 2.60. The molecule has 0 aromatic heterocycles. The molecule has 0 aromatic carbocycles. The normalized spacial score (nSPS) is 14.9. The fraction of sp³-hybridized carbons (Fsp3) is 0.533. The third kappa shape index (κ3) is 9.06. The standard InChI is InChI=1S/C15H23N3O8S/c1-3-15(2,14(25)26)27-7-9(12(22)17-6-11(20)21)18-10(19)5-4-8(16)13(23)24/h3,8-9H,1,4-7,16H2,2H3,(H,17,22)(H,18,19)(H,20,21)(H,23,24)(H,25,26)/p-2/t8-,9-,15?/m0/s1. The van der Waals surface area contributed by atoms with Crippen LogP contribution in [0.25, 0.3) is 0 Å². The second-order valence-corrected chi connectivity index (χ2v) is 7.14. The molecule has 0 spiro atoms. The number of aliphatic carboxylic acids is 3. The highest BCUT2D eigenvalue weighted by atomic mass is 32.2. The predicted octanol–water partition coefficient (Wildman–Crippen LogP) is -6.09. The summed E-state index contributed by atoms with van der Waals surface area (Å²) in [5.41, 5.74) is 3.29. The van der Waals surface area contributed by atoms with E-state index in [0.29, 0.717) is 0 Å². The Morgan fingerprint density at radius 1 is 1.22 bits per heavy atom. The molecule has 152 valence electrons. The first kappa shape index (κ1) is 24.4. The molecule has 0 fully saturated rings. The van der Waals surface area contributed by atoms with Gasteiger partial charge in [0, 0.05) is 18.6 Å². The molecule has 12 heteroatoms. The molecule has 1 unspecified atom stereocenters. The molecule has 27 heavy (non-hydrogen) atoms. The van der Waals surface area contributed by atoms with E-state index >= 15 is 0 Å². The second kappa shape index (κ2) is 11.2. The minimum Gasteiger partial charge on any atom is -0.548 e. The minimum atomic E-state index is -1.55. The van der Waals surface area contributed by atoms with Crippen molar-refractivity contribution in [3.8, 4) is 0 Å². The van der Waals surface area contributed by atoms with Gasteiger partial charge in [0.1, 0.15) is 12.1 Å². The summed E-state index contributed by atoms with van der Waals surface area (Å²) in [7, 11) is 0. The molecule has 0 saturated carbocycles. The van der Waals surface area contributed by atoms with Gasteiger partial charge in [-0.1, -0.05) is 6.08 Å². The van der Waals surface area contributed by atoms with Crippen molar-refractivity contribution in [2.45, 2.75) is 36.6 Å². The Kier molecular flexibility index (Phi) is 10.1. The van der Waals surface area contributed by atoms with E-state index in [1.165, 1.54) is 6.92 Å². The molecule has 2 amide bonds. The zero-order chi connectivity index (χ0) is 21.2. The van der Waals surface area contributed by atoms with Gasteiger partial charge in [0.25, 0.3) is 0 Å². The van der Waals surface area contributed by atoms with Crippen LogP contribution in [-0.4, -0.2) is 58.9 Å². The third-order valence-corrected chi connectivity index (χ3v) is 4.89. The number of carboxylic acids is 3. The lowest BCUT2D eigenvalue weighted by atomic mass is 10.1. The zero-order valence-electron chi connectivity index (χ0n) is 14.6. The van der Waals surface area contributed by atoms with Crippen LogP contribution in [0.2, 0.25) is 0 Å². The van der Waals surface area contributed by atoms with E-state index in [1.54, 1.807) is 0 Å². The van der Waals surface area contributed by atoms with Gasteiger partial charge < -0.3 is 46.1 Å². The van der Waals surface area contributed by atoms with Gasteiger partial charge in [0.05, 0.1) is 29.2 Å². The van der Waals surface area contributed by atoms with Crippen LogP contribution in [0, 0.1) is 0 Å². The molecule has 0 aromatic rings. The van der Waals surface area contributed by atoms with Gasteiger partial charge in [0.15, 0.2) is 0 Å². The first-order valence-electron chi connectivity index (χ1n) is 7.72. The quantitative estimate of drug-likeness (QED) is 0.250. The van der Waals surface area contributed by atoms with Gasteiger partial charge in [-0.05, 0) is 6.92 Å². The molecule has 5 N–H and O–H groups in total. The van der Waals surface area contributed by atoms with Crippen molar-refractivity contribution < 1.29 is 45.0 Å². The van der Waals surface area contributed by atoms with Crippen molar-refractivity contribution >= 4 is 41.5 Å². The molecule has 11 nitrogen and oxygen atoms in total. The summed E-state index contributed by atoms with van der Waals surface area (Å²) in [5, 5.41) is 36.5. The van der Waals surface area contributed by atoms with Crippen LogP contribution in [0.1, 0.15) is 19.8 Å². The first-order valence-corrected chi connectivity index (χ1v) is 8.71. The number of hydrogen-bond donors (Lipinski definition) is 3. The second-order valence-electron chi connectivity index (χ2n) is 5.67. The number of nitrogens with one attached hydrogen (secondary N) is 2. The number of rotatable bonds is 13. The molecule has 0 aliphatic carbocycles. The lowest BCUT2D eigenvalue weighted by Gasteiger charge is -2.28. The maximum atomic E-state index is 12.1. The summed E-state index contributed by atoms with van der Waals surface area (Å²) in [6.07, 6.45) is 0.673. The number of quaternary nitrogens is 1. The Labute approximate surface area is 159 Å². The van der Waals surface area contributed by atoms with Gasteiger partial charge >= 0.3 is 0 Å². The maximum Gasteiger partial charge on any atom is 0.243 e. The molecule has 0 aliphatic rings. The Morgan fingerprint density at radius 3 is 2.26 bits per heavy atom. The predicted molar refractivity (Wildman–Crippen MR) is 86.9 cm³/mol. The zero-order valence-corrected chi connectivity index (χ0v) is 15.5. The summed E-state index contributed by atoms with van der Waals surface area (Å²) >= 11 is 0.739. The molecule has 0 saturated heterocycles. The minimum absolute atomic E-state index is 0.141. The van der Waals surface area contributed by atoms with Crippen LogP contribution < -0.4 is 31.7 Å². The Hall–Kier alpha value is -2.60. The number of carbonyl (C=O) groups excluding carboxylic acids is 5. The molecular formula is C15H21N3O8S-2. The molecule has 0 aliphatic heterocycles. The number of amides is 2. The lowest BCUT2D eigenvalue weighted by Crippen LogP contribution is -2.68. The summed E-state index contributed by atoms with van der Waals surface area (Å²) in [5.74, 6) is -6.27. The van der Waals surface area contributed by atoms with Crippen molar-refractivity contribution in [3.05, 3.63) is 12.7 Å². The van der Waals surface area contributed by atoms with Crippen LogP contribution in [0.4, 0.5) is 0 Å². The Balaban J connectivity index is 5.02. The molecule has 0 radical (unpaired) electrons. The van der Waals surface area contributed by atoms with Crippen LogP contribution in [0.15, 0.2) is 12.7 Å². The lowest BCUT2D eigenvalue weighted by molar-refractivity contribution is -0.438. The number of thioether (sulfide) groups is 1. The van der Waals surface area contributed by atoms with Gasteiger partial charge in [-0.25, -0.2) is 0 Å². The van der Waals surface area contributed by atoms with Crippen molar-refractivity contribution in [1.29, 1.82) is 0 Å². The maximum absolute atomic E-state index is 12.1. The molecule has 3 atom stereocenters. The van der Waals surface area contributed by atoms with Gasteiger partial charge in [0.2, 0.25) is 11.8 Å². The largest absolute Gasteiger partial charge is 0.548 e. The van der Waals surface area contributed by atoms with Gasteiger partial charge in [-0.15, -0.1) is 18.3 Å². The number of carbonyl (C=O) groups is 5. The number of carboxylic acid groups (broad SMARTS) is 3. The molecule has 0 rings (SSSR count). The SMILES string of the molecule is C=CC(C)(SC[C@H](NC(=O)CC[C@H]([NH3+])C(=O)[O-])C(=O)NCC(=O)[O-])C(=O)[O-]. The van der Waals surface area contributed by atoms with E-state index in [-0.39, 0.29) is 18.6 Å². The molecule has 0 heterocycles. The van der Waals surface area contributed by atoms with E-state index in [0.717, 1.165) is 17.8 Å².